The number of hydrogen-bond acceptors (Lipinski definition) is 6. The monoisotopic (exact) mass is 951 g/mol. The van der Waals surface area contributed by atoms with Crippen LogP contribution in [0.3, 0.4) is 0 Å². The van der Waals surface area contributed by atoms with Crippen LogP contribution in [0.25, 0.3) is 0 Å². The summed E-state index contributed by atoms with van der Waals surface area (Å²) in [7, 11) is 0. The van der Waals surface area contributed by atoms with Gasteiger partial charge in [0.05, 0.1) is 0 Å². The van der Waals surface area contributed by atoms with Gasteiger partial charge in [0, 0.05) is 19.3 Å². The molecule has 0 saturated heterocycles. The van der Waals surface area contributed by atoms with Gasteiger partial charge in [0.25, 0.3) is 0 Å². The van der Waals surface area contributed by atoms with Gasteiger partial charge in [-0.25, -0.2) is 0 Å². The van der Waals surface area contributed by atoms with Crippen molar-refractivity contribution in [3.05, 3.63) is 60.8 Å². The second-order valence-corrected chi connectivity index (χ2v) is 19.5. The van der Waals surface area contributed by atoms with Crippen LogP contribution in [0.15, 0.2) is 60.8 Å². The second-order valence-electron chi connectivity index (χ2n) is 19.5. The molecular formula is C62H110O6. The molecule has 0 spiro atoms. The van der Waals surface area contributed by atoms with Crippen molar-refractivity contribution in [1.82, 2.24) is 0 Å². The fraction of sp³-hybridized carbons (Fsp3) is 0.790. The van der Waals surface area contributed by atoms with Crippen molar-refractivity contribution in [2.45, 2.75) is 303 Å². The molecule has 0 aliphatic heterocycles. The fourth-order valence-electron chi connectivity index (χ4n) is 8.37. The number of allylic oxidation sites excluding steroid dienone is 10. The van der Waals surface area contributed by atoms with E-state index in [-0.39, 0.29) is 31.1 Å². The van der Waals surface area contributed by atoms with Crippen LogP contribution in [-0.2, 0) is 28.6 Å². The van der Waals surface area contributed by atoms with Crippen LogP contribution in [0.5, 0.6) is 0 Å². The first-order valence-corrected chi connectivity index (χ1v) is 29.3. The van der Waals surface area contributed by atoms with Gasteiger partial charge in [-0.1, -0.05) is 255 Å². The molecule has 0 aromatic rings. The van der Waals surface area contributed by atoms with Gasteiger partial charge >= 0.3 is 17.9 Å². The summed E-state index contributed by atoms with van der Waals surface area (Å²) in [5, 5.41) is 0. The first kappa shape index (κ1) is 65.1. The third-order valence-corrected chi connectivity index (χ3v) is 12.8. The van der Waals surface area contributed by atoms with E-state index in [0.717, 1.165) is 103 Å². The maximum atomic E-state index is 12.9. The van der Waals surface area contributed by atoms with Crippen molar-refractivity contribution in [3.8, 4) is 0 Å². The molecule has 0 fully saturated rings. The third-order valence-electron chi connectivity index (χ3n) is 12.8. The van der Waals surface area contributed by atoms with Crippen molar-refractivity contribution in [2.24, 2.45) is 0 Å². The number of hydrogen-bond donors (Lipinski definition) is 0. The highest BCUT2D eigenvalue weighted by atomic mass is 16.6. The van der Waals surface area contributed by atoms with Gasteiger partial charge in [0.1, 0.15) is 13.2 Å². The quantitative estimate of drug-likeness (QED) is 0.0262. The lowest BCUT2D eigenvalue weighted by molar-refractivity contribution is -0.167. The molecule has 0 bridgehead atoms. The molecule has 0 aliphatic rings. The molecule has 0 rings (SSSR count). The molecule has 1 unspecified atom stereocenters. The second kappa shape index (κ2) is 56.7. The first-order chi connectivity index (χ1) is 33.5. The first-order valence-electron chi connectivity index (χ1n) is 29.3. The Balaban J connectivity index is 4.41. The van der Waals surface area contributed by atoms with Gasteiger partial charge < -0.3 is 14.2 Å². The molecule has 0 amide bonds. The summed E-state index contributed by atoms with van der Waals surface area (Å²) in [6.07, 6.45) is 70.7. The highest BCUT2D eigenvalue weighted by Crippen LogP contribution is 2.16. The number of ether oxygens (including phenoxy) is 3. The molecule has 394 valence electrons. The van der Waals surface area contributed by atoms with Gasteiger partial charge in [0.15, 0.2) is 6.10 Å². The zero-order chi connectivity index (χ0) is 49.3. The molecule has 6 nitrogen and oxygen atoms in total. The normalized spacial score (nSPS) is 12.5. The van der Waals surface area contributed by atoms with Crippen molar-refractivity contribution in [1.29, 1.82) is 0 Å². The van der Waals surface area contributed by atoms with Crippen LogP contribution in [0, 0.1) is 0 Å². The molecule has 0 radical (unpaired) electrons. The highest BCUT2D eigenvalue weighted by Gasteiger charge is 2.19. The van der Waals surface area contributed by atoms with E-state index >= 15 is 0 Å². The minimum atomic E-state index is -0.786. The predicted molar refractivity (Wildman–Crippen MR) is 293 cm³/mol. The number of unbranched alkanes of at least 4 members (excludes halogenated alkanes) is 32. The fourth-order valence-corrected chi connectivity index (χ4v) is 8.37. The maximum absolute atomic E-state index is 12.9. The van der Waals surface area contributed by atoms with E-state index < -0.39 is 6.10 Å². The van der Waals surface area contributed by atoms with Crippen molar-refractivity contribution >= 4 is 17.9 Å². The number of carbonyl (C=O) groups is 3. The molecule has 0 heterocycles. The smallest absolute Gasteiger partial charge is 0.306 e. The van der Waals surface area contributed by atoms with Crippen LogP contribution in [0.2, 0.25) is 0 Å². The van der Waals surface area contributed by atoms with E-state index in [1.807, 2.05) is 0 Å². The van der Waals surface area contributed by atoms with Gasteiger partial charge in [0.2, 0.25) is 0 Å². The summed E-state index contributed by atoms with van der Waals surface area (Å²) in [5.41, 5.74) is 0. The van der Waals surface area contributed by atoms with Gasteiger partial charge in [-0.15, -0.1) is 0 Å². The van der Waals surface area contributed by atoms with Crippen LogP contribution in [0.4, 0.5) is 0 Å². The summed E-state index contributed by atoms with van der Waals surface area (Å²) in [6.45, 7) is 6.53. The Morgan fingerprint density at radius 2 is 0.574 bits per heavy atom. The number of esters is 3. The Hall–Kier alpha value is -2.89. The summed E-state index contributed by atoms with van der Waals surface area (Å²) in [6, 6.07) is 0. The molecule has 0 aromatic heterocycles. The van der Waals surface area contributed by atoms with Crippen LogP contribution in [-0.4, -0.2) is 37.2 Å². The molecule has 6 heteroatoms. The van der Waals surface area contributed by atoms with E-state index in [9.17, 15) is 14.4 Å². The number of carbonyl (C=O) groups excluding carboxylic acids is 3. The van der Waals surface area contributed by atoms with Crippen LogP contribution in [0.1, 0.15) is 297 Å². The lowest BCUT2D eigenvalue weighted by Gasteiger charge is -2.18. The Bertz CT molecular complexity index is 1230. The van der Waals surface area contributed by atoms with E-state index in [1.54, 1.807) is 0 Å². The minimum Gasteiger partial charge on any atom is -0.462 e. The van der Waals surface area contributed by atoms with Gasteiger partial charge in [-0.3, -0.25) is 14.4 Å². The Morgan fingerprint density at radius 3 is 0.912 bits per heavy atom. The molecule has 0 aromatic carbocycles. The van der Waals surface area contributed by atoms with Gasteiger partial charge in [-0.2, -0.15) is 0 Å². The summed E-state index contributed by atoms with van der Waals surface area (Å²) >= 11 is 0. The average Bonchev–Trinajstić information content (AvgIpc) is 3.34. The highest BCUT2D eigenvalue weighted by molar-refractivity contribution is 5.71. The molecule has 1 atom stereocenters. The maximum Gasteiger partial charge on any atom is 0.306 e. The predicted octanol–water partition coefficient (Wildman–Crippen LogP) is 19.6. The zero-order valence-electron chi connectivity index (χ0n) is 45.1. The standard InChI is InChI=1S/C62H110O6/c1-4-7-10-13-16-19-22-25-28-31-34-37-40-43-46-49-52-55-61(64)67-58-59(57-66-60(63)54-51-48-45-42-39-36-33-30-27-24-21-18-15-12-9-6-3)68-62(65)56-53-50-47-44-41-38-35-32-29-26-23-20-17-14-11-8-5-2/h7,10,16,19,25,28,30,33-34,37,59H,4-6,8-9,11-15,17-18,20-24,26-27,29,31-32,35-36,38-58H2,1-3H3/b10-7-,19-16-,28-25-,33-30-,37-34-. The van der Waals surface area contributed by atoms with E-state index in [4.69, 9.17) is 14.2 Å². The van der Waals surface area contributed by atoms with Crippen molar-refractivity contribution < 1.29 is 28.6 Å². The third kappa shape index (κ3) is 54.1. The van der Waals surface area contributed by atoms with Crippen LogP contribution >= 0.6 is 0 Å². The van der Waals surface area contributed by atoms with Crippen molar-refractivity contribution in [3.63, 3.8) is 0 Å². The summed E-state index contributed by atoms with van der Waals surface area (Å²) in [4.78, 5) is 38.2. The van der Waals surface area contributed by atoms with Crippen molar-refractivity contribution in [2.75, 3.05) is 13.2 Å². The summed E-state index contributed by atoms with van der Waals surface area (Å²) < 4.78 is 16.9. The average molecular weight is 952 g/mol. The zero-order valence-corrected chi connectivity index (χ0v) is 45.1. The largest absolute Gasteiger partial charge is 0.462 e. The molecule has 0 aliphatic carbocycles. The van der Waals surface area contributed by atoms with E-state index in [2.05, 4.69) is 81.5 Å². The molecular weight excluding hydrogens is 841 g/mol. The summed E-state index contributed by atoms with van der Waals surface area (Å²) in [5.74, 6) is -0.902. The Labute approximate surface area is 421 Å². The van der Waals surface area contributed by atoms with E-state index in [0.29, 0.717) is 19.3 Å². The topological polar surface area (TPSA) is 78.9 Å². The van der Waals surface area contributed by atoms with Crippen LogP contribution < -0.4 is 0 Å². The molecule has 0 N–H and O–H groups in total. The SMILES string of the molecule is CC/C=C\C/C=C\C/C=C\C/C=C\CCCCCCC(=O)OCC(COC(=O)CCCCCCC/C=C\CCCCCCCCC)OC(=O)CCCCCCCCCCCCCCCCCCC. The Morgan fingerprint density at radius 1 is 0.309 bits per heavy atom. The Kier molecular flexibility index (Phi) is 54.3. The molecule has 0 saturated carbocycles. The van der Waals surface area contributed by atoms with Gasteiger partial charge in [-0.05, 0) is 83.5 Å². The minimum absolute atomic E-state index is 0.0839. The molecule has 68 heavy (non-hydrogen) atoms. The number of rotatable bonds is 53. The van der Waals surface area contributed by atoms with E-state index in [1.165, 1.54) is 154 Å². The lowest BCUT2D eigenvalue weighted by Crippen LogP contribution is -2.30. The lowest BCUT2D eigenvalue weighted by atomic mass is 10.0.